The molecule has 0 aromatic heterocycles. The van der Waals surface area contributed by atoms with E-state index in [1.807, 2.05) is 0 Å². The number of nitrogens with one attached hydrogen (secondary N) is 2. The maximum absolute atomic E-state index is 13.6. The van der Waals surface area contributed by atoms with Crippen molar-refractivity contribution >= 4 is 34.0 Å². The third kappa shape index (κ3) is 4.63. The van der Waals surface area contributed by atoms with Crippen molar-refractivity contribution in [1.82, 2.24) is 9.62 Å². The molecule has 23 heavy (non-hydrogen) atoms. The zero-order valence-electron chi connectivity index (χ0n) is 13.0. The van der Waals surface area contributed by atoms with E-state index in [2.05, 4.69) is 10.6 Å². The first-order valence-electron chi connectivity index (χ1n) is 7.09. The van der Waals surface area contributed by atoms with Gasteiger partial charge in [-0.1, -0.05) is 0 Å². The second-order valence-electron chi connectivity index (χ2n) is 5.31. The zero-order chi connectivity index (χ0) is 16.3. The molecule has 0 radical (unpaired) electrons. The summed E-state index contributed by atoms with van der Waals surface area (Å²) in [6, 6.07) is 3.55. The number of rotatable bonds is 4. The summed E-state index contributed by atoms with van der Waals surface area (Å²) in [5.41, 5.74) is -0.129. The van der Waals surface area contributed by atoms with Crippen molar-refractivity contribution in [2.45, 2.75) is 30.7 Å². The van der Waals surface area contributed by atoms with Crippen LogP contribution >= 0.6 is 12.4 Å². The summed E-state index contributed by atoms with van der Waals surface area (Å²) >= 11 is 0. The topological polar surface area (TPSA) is 78.5 Å². The lowest BCUT2D eigenvalue weighted by atomic mass is 10.1. The van der Waals surface area contributed by atoms with Crippen molar-refractivity contribution in [3.8, 4) is 0 Å². The summed E-state index contributed by atoms with van der Waals surface area (Å²) in [5.74, 6) is -1.12. The Morgan fingerprint density at radius 2 is 2.09 bits per heavy atom. The number of hydrogen-bond acceptors (Lipinski definition) is 4. The number of carbonyl (C=O) groups excluding carboxylic acids is 1. The Morgan fingerprint density at radius 3 is 2.70 bits per heavy atom. The Labute approximate surface area is 141 Å². The minimum atomic E-state index is -3.70. The second-order valence-corrected chi connectivity index (χ2v) is 7.25. The molecule has 1 aliphatic heterocycles. The molecule has 2 rings (SSSR count). The van der Waals surface area contributed by atoms with Gasteiger partial charge in [-0.3, -0.25) is 4.79 Å². The minimum absolute atomic E-state index is 0. The zero-order valence-corrected chi connectivity index (χ0v) is 14.6. The highest BCUT2D eigenvalue weighted by Crippen LogP contribution is 2.24. The van der Waals surface area contributed by atoms with E-state index in [4.69, 9.17) is 0 Å². The van der Waals surface area contributed by atoms with E-state index in [1.165, 1.54) is 17.3 Å². The van der Waals surface area contributed by atoms with Crippen LogP contribution in [-0.2, 0) is 14.8 Å². The maximum atomic E-state index is 13.6. The van der Waals surface area contributed by atoms with Gasteiger partial charge in [-0.15, -0.1) is 12.4 Å². The van der Waals surface area contributed by atoms with Gasteiger partial charge in [0.25, 0.3) is 0 Å². The molecule has 1 fully saturated rings. The van der Waals surface area contributed by atoms with Crippen molar-refractivity contribution < 1.29 is 17.6 Å². The molecule has 1 amide bonds. The Balaban J connectivity index is 0.00000264. The number of nitrogens with zero attached hydrogens (tertiary/aromatic N) is 1. The standard InChI is InChI=1S/C14H20FN3O3S.ClH/c1-10(19)17-14-8-12(5-6-13(14)15)22(20,21)18-7-3-4-11(9-18)16-2;/h5-6,8,11,16H,3-4,7,9H2,1-2H3,(H,17,19);1H. The molecule has 1 aromatic rings. The van der Waals surface area contributed by atoms with Crippen LogP contribution in [0.5, 0.6) is 0 Å². The summed E-state index contributed by atoms with van der Waals surface area (Å²) in [5, 5.41) is 5.38. The molecule has 1 unspecified atom stereocenters. The third-order valence-corrected chi connectivity index (χ3v) is 5.54. The highest BCUT2D eigenvalue weighted by atomic mass is 35.5. The Bertz CT molecular complexity index is 669. The van der Waals surface area contributed by atoms with E-state index in [0.717, 1.165) is 25.0 Å². The van der Waals surface area contributed by atoms with Crippen molar-refractivity contribution in [1.29, 1.82) is 0 Å². The van der Waals surface area contributed by atoms with Crippen molar-refractivity contribution in [3.05, 3.63) is 24.0 Å². The molecule has 1 aliphatic rings. The minimum Gasteiger partial charge on any atom is -0.324 e. The number of carbonyl (C=O) groups is 1. The van der Waals surface area contributed by atoms with Crippen molar-refractivity contribution in [2.24, 2.45) is 0 Å². The lowest BCUT2D eigenvalue weighted by molar-refractivity contribution is -0.114. The van der Waals surface area contributed by atoms with Crippen LogP contribution in [0.4, 0.5) is 10.1 Å². The van der Waals surface area contributed by atoms with Crippen molar-refractivity contribution in [2.75, 3.05) is 25.5 Å². The number of benzene rings is 1. The van der Waals surface area contributed by atoms with E-state index in [0.29, 0.717) is 13.1 Å². The van der Waals surface area contributed by atoms with E-state index in [-0.39, 0.29) is 29.0 Å². The molecule has 0 bridgehead atoms. The molecule has 0 spiro atoms. The lowest BCUT2D eigenvalue weighted by Crippen LogP contribution is -2.46. The smallest absolute Gasteiger partial charge is 0.243 e. The van der Waals surface area contributed by atoms with Gasteiger partial charge in [0.15, 0.2) is 0 Å². The second kappa shape index (κ2) is 8.05. The fraction of sp³-hybridized carbons (Fsp3) is 0.500. The molecule has 2 N–H and O–H groups in total. The van der Waals surface area contributed by atoms with Crippen LogP contribution in [0, 0.1) is 5.82 Å². The first-order valence-corrected chi connectivity index (χ1v) is 8.53. The molecule has 1 heterocycles. The largest absolute Gasteiger partial charge is 0.324 e. The number of sulfonamides is 1. The number of halogens is 2. The molecule has 130 valence electrons. The van der Waals surface area contributed by atoms with Crippen molar-refractivity contribution in [3.63, 3.8) is 0 Å². The summed E-state index contributed by atoms with van der Waals surface area (Å²) in [6.07, 6.45) is 1.69. The Kier molecular flexibility index (Phi) is 6.94. The average Bonchev–Trinajstić information content (AvgIpc) is 2.49. The average molecular weight is 366 g/mol. The van der Waals surface area contributed by atoms with E-state index in [1.54, 1.807) is 7.05 Å². The maximum Gasteiger partial charge on any atom is 0.243 e. The first-order chi connectivity index (χ1) is 10.3. The lowest BCUT2D eigenvalue weighted by Gasteiger charge is -2.31. The highest BCUT2D eigenvalue weighted by Gasteiger charge is 2.30. The number of anilines is 1. The summed E-state index contributed by atoms with van der Waals surface area (Å²) in [6.45, 7) is 2.06. The van der Waals surface area contributed by atoms with E-state index in [9.17, 15) is 17.6 Å². The molecule has 0 aliphatic carbocycles. The number of amides is 1. The van der Waals surface area contributed by atoms with Gasteiger partial charge >= 0.3 is 0 Å². The van der Waals surface area contributed by atoms with Crippen LogP contribution < -0.4 is 10.6 Å². The number of piperidine rings is 1. The molecule has 9 heteroatoms. The Morgan fingerprint density at radius 1 is 1.39 bits per heavy atom. The molecular formula is C14H21ClFN3O3S. The molecule has 6 nitrogen and oxygen atoms in total. The van der Waals surface area contributed by atoms with Crippen LogP contribution in [0.3, 0.4) is 0 Å². The normalized spacial score (nSPS) is 19.0. The number of hydrogen-bond donors (Lipinski definition) is 2. The monoisotopic (exact) mass is 365 g/mol. The van der Waals surface area contributed by atoms with Gasteiger partial charge in [-0.25, -0.2) is 12.8 Å². The molecule has 1 aromatic carbocycles. The summed E-state index contributed by atoms with van der Waals surface area (Å²) < 4.78 is 40.4. The van der Waals surface area contributed by atoms with Gasteiger partial charge in [0, 0.05) is 26.1 Å². The van der Waals surface area contributed by atoms with Crippen LogP contribution in [0.2, 0.25) is 0 Å². The van der Waals surface area contributed by atoms with Gasteiger partial charge in [-0.2, -0.15) is 4.31 Å². The fourth-order valence-electron chi connectivity index (χ4n) is 2.50. The quantitative estimate of drug-likeness (QED) is 0.849. The molecule has 1 atom stereocenters. The highest BCUT2D eigenvalue weighted by molar-refractivity contribution is 7.89. The van der Waals surface area contributed by atoms with Crippen LogP contribution in [-0.4, -0.2) is 44.8 Å². The van der Waals surface area contributed by atoms with Crippen LogP contribution in [0.1, 0.15) is 19.8 Å². The molecule has 0 saturated carbocycles. The molecular weight excluding hydrogens is 345 g/mol. The fourth-order valence-corrected chi connectivity index (χ4v) is 4.05. The van der Waals surface area contributed by atoms with E-state index >= 15 is 0 Å². The summed E-state index contributed by atoms with van der Waals surface area (Å²) in [7, 11) is -1.91. The molecule has 1 saturated heterocycles. The third-order valence-electron chi connectivity index (χ3n) is 3.68. The predicted octanol–water partition coefficient (Wildman–Crippen LogP) is 1.58. The van der Waals surface area contributed by atoms with Crippen LogP contribution in [0.25, 0.3) is 0 Å². The Hall–Kier alpha value is -1.22. The SMILES string of the molecule is CNC1CCCN(S(=O)(=O)c2ccc(F)c(NC(C)=O)c2)C1.Cl. The van der Waals surface area contributed by atoms with Gasteiger partial charge in [0.05, 0.1) is 10.6 Å². The van der Waals surface area contributed by atoms with Gasteiger partial charge in [0.2, 0.25) is 15.9 Å². The van der Waals surface area contributed by atoms with E-state index < -0.39 is 21.7 Å². The van der Waals surface area contributed by atoms with Gasteiger partial charge < -0.3 is 10.6 Å². The van der Waals surface area contributed by atoms with Gasteiger partial charge in [-0.05, 0) is 38.1 Å². The van der Waals surface area contributed by atoms with Crippen LogP contribution in [0.15, 0.2) is 23.1 Å². The summed E-state index contributed by atoms with van der Waals surface area (Å²) in [4.78, 5) is 11.0. The number of likely N-dealkylation sites (N-methyl/N-ethyl adjacent to an activating group) is 1. The predicted molar refractivity (Wildman–Crippen MR) is 88.8 cm³/mol. The first kappa shape index (κ1) is 19.8. The van der Waals surface area contributed by atoms with Gasteiger partial charge in [0.1, 0.15) is 5.82 Å².